The van der Waals surface area contributed by atoms with E-state index >= 15 is 0 Å². The van der Waals surface area contributed by atoms with Gasteiger partial charge in [-0.05, 0) is 44.4 Å². The lowest BCUT2D eigenvalue weighted by Crippen LogP contribution is -2.47. The van der Waals surface area contributed by atoms with Crippen LogP contribution in [-0.4, -0.2) is 36.9 Å². The summed E-state index contributed by atoms with van der Waals surface area (Å²) in [4.78, 5) is 12.1. The fourth-order valence-corrected chi connectivity index (χ4v) is 2.19. The molecule has 0 bridgehead atoms. The van der Waals surface area contributed by atoms with Crippen LogP contribution in [0, 0.1) is 0 Å². The number of nitrogens with one attached hydrogen (secondary N) is 1. The number of benzene rings is 1. The van der Waals surface area contributed by atoms with Crippen LogP contribution in [0.15, 0.2) is 18.2 Å². The maximum Gasteiger partial charge on any atom is 0.251 e. The minimum atomic E-state index is -0.717. The molecule has 0 aliphatic heterocycles. The van der Waals surface area contributed by atoms with Gasteiger partial charge in [-0.25, -0.2) is 0 Å². The van der Waals surface area contributed by atoms with Crippen molar-refractivity contribution in [3.63, 3.8) is 0 Å². The van der Waals surface area contributed by atoms with E-state index in [2.05, 4.69) is 5.32 Å². The van der Waals surface area contributed by atoms with E-state index in [0.29, 0.717) is 30.2 Å². The summed E-state index contributed by atoms with van der Waals surface area (Å²) in [5.41, 5.74) is -0.220. The molecule has 0 saturated heterocycles. The Morgan fingerprint density at radius 2 is 2.15 bits per heavy atom. The van der Waals surface area contributed by atoms with Crippen molar-refractivity contribution in [2.24, 2.45) is 0 Å². The molecule has 0 radical (unpaired) electrons. The van der Waals surface area contributed by atoms with Crippen molar-refractivity contribution in [2.45, 2.75) is 31.8 Å². The summed E-state index contributed by atoms with van der Waals surface area (Å²) in [6, 6.07) is 5.04. The molecule has 1 aromatic rings. The zero-order chi connectivity index (χ0) is 14.6. The predicted octanol–water partition coefficient (Wildman–Crippen LogP) is 1.74. The van der Waals surface area contributed by atoms with Gasteiger partial charge in [-0.3, -0.25) is 4.79 Å². The molecule has 5 heteroatoms. The molecule has 1 aliphatic rings. The fraction of sp³-hybridized carbons (Fsp3) is 0.533. The van der Waals surface area contributed by atoms with Gasteiger partial charge < -0.3 is 19.9 Å². The number of hydrogen-bond acceptors (Lipinski definition) is 4. The van der Waals surface area contributed by atoms with E-state index in [9.17, 15) is 9.90 Å². The molecule has 0 aromatic heterocycles. The second kappa shape index (κ2) is 6.13. The fourth-order valence-electron chi connectivity index (χ4n) is 2.19. The molecular weight excluding hydrogens is 258 g/mol. The third-order valence-electron chi connectivity index (χ3n) is 3.59. The van der Waals surface area contributed by atoms with E-state index in [1.807, 2.05) is 6.92 Å². The smallest absolute Gasteiger partial charge is 0.251 e. The van der Waals surface area contributed by atoms with Gasteiger partial charge in [-0.1, -0.05) is 0 Å². The number of methoxy groups -OCH3 is 1. The Morgan fingerprint density at radius 1 is 1.40 bits per heavy atom. The summed E-state index contributed by atoms with van der Waals surface area (Å²) < 4.78 is 10.6. The van der Waals surface area contributed by atoms with Gasteiger partial charge in [0.15, 0.2) is 11.5 Å². The van der Waals surface area contributed by atoms with E-state index in [1.54, 1.807) is 25.3 Å². The molecule has 20 heavy (non-hydrogen) atoms. The Bertz CT molecular complexity index is 483. The number of aliphatic hydroxyl groups is 1. The lowest BCUT2D eigenvalue weighted by Gasteiger charge is -2.36. The standard InChI is InChI=1S/C15H21NO4/c1-3-20-13-9-11(5-6-12(13)19-2)14(17)16-10-15(18)7-4-8-15/h5-6,9,18H,3-4,7-8,10H2,1-2H3,(H,16,17). The van der Waals surface area contributed by atoms with E-state index in [4.69, 9.17) is 9.47 Å². The minimum absolute atomic E-state index is 0.214. The second-order valence-electron chi connectivity index (χ2n) is 5.06. The van der Waals surface area contributed by atoms with Crippen molar-refractivity contribution in [1.29, 1.82) is 0 Å². The van der Waals surface area contributed by atoms with Gasteiger partial charge in [0.1, 0.15) is 0 Å². The van der Waals surface area contributed by atoms with Crippen molar-refractivity contribution in [3.05, 3.63) is 23.8 Å². The van der Waals surface area contributed by atoms with Gasteiger partial charge in [0.2, 0.25) is 0 Å². The van der Waals surface area contributed by atoms with E-state index in [1.165, 1.54) is 0 Å². The first-order valence-electron chi connectivity index (χ1n) is 6.89. The van der Waals surface area contributed by atoms with Gasteiger partial charge in [0.05, 0.1) is 19.3 Å². The normalized spacial score (nSPS) is 16.1. The maximum absolute atomic E-state index is 12.1. The van der Waals surface area contributed by atoms with Crippen molar-refractivity contribution in [2.75, 3.05) is 20.3 Å². The molecule has 1 aromatic carbocycles. The topological polar surface area (TPSA) is 67.8 Å². The molecule has 0 atom stereocenters. The van der Waals surface area contributed by atoms with Gasteiger partial charge in [0.25, 0.3) is 5.91 Å². The zero-order valence-corrected chi connectivity index (χ0v) is 11.9. The number of rotatable bonds is 6. The molecule has 0 spiro atoms. The van der Waals surface area contributed by atoms with Crippen LogP contribution in [0.1, 0.15) is 36.5 Å². The molecule has 1 saturated carbocycles. The summed E-state index contributed by atoms with van der Waals surface area (Å²) in [6.07, 6.45) is 2.52. The van der Waals surface area contributed by atoms with Crippen LogP contribution in [0.25, 0.3) is 0 Å². The highest BCUT2D eigenvalue weighted by Crippen LogP contribution is 2.31. The minimum Gasteiger partial charge on any atom is -0.493 e. The van der Waals surface area contributed by atoms with Gasteiger partial charge >= 0.3 is 0 Å². The number of hydrogen-bond donors (Lipinski definition) is 2. The van der Waals surface area contributed by atoms with Crippen molar-refractivity contribution in [1.82, 2.24) is 5.32 Å². The lowest BCUT2D eigenvalue weighted by atomic mass is 9.80. The maximum atomic E-state index is 12.1. The van der Waals surface area contributed by atoms with Crippen molar-refractivity contribution in [3.8, 4) is 11.5 Å². The van der Waals surface area contributed by atoms with Gasteiger partial charge in [-0.2, -0.15) is 0 Å². The quantitative estimate of drug-likeness (QED) is 0.832. The SMILES string of the molecule is CCOc1cc(C(=O)NCC2(O)CCC2)ccc1OC. The van der Waals surface area contributed by atoms with Crippen LogP contribution in [0.4, 0.5) is 0 Å². The third-order valence-corrected chi connectivity index (χ3v) is 3.59. The Morgan fingerprint density at radius 3 is 2.70 bits per heavy atom. The monoisotopic (exact) mass is 279 g/mol. The van der Waals surface area contributed by atoms with Crippen molar-refractivity contribution < 1.29 is 19.4 Å². The van der Waals surface area contributed by atoms with Crippen LogP contribution in [0.5, 0.6) is 11.5 Å². The molecule has 5 nitrogen and oxygen atoms in total. The molecule has 1 amide bonds. The third kappa shape index (κ3) is 3.22. The molecule has 110 valence electrons. The summed E-state index contributed by atoms with van der Waals surface area (Å²) in [5, 5.41) is 12.7. The van der Waals surface area contributed by atoms with Crippen LogP contribution in [0.2, 0.25) is 0 Å². The van der Waals surface area contributed by atoms with Crippen LogP contribution >= 0.6 is 0 Å². The molecule has 0 heterocycles. The average molecular weight is 279 g/mol. The Balaban J connectivity index is 2.03. The van der Waals surface area contributed by atoms with Gasteiger partial charge in [-0.15, -0.1) is 0 Å². The van der Waals surface area contributed by atoms with E-state index in [0.717, 1.165) is 19.3 Å². The first-order chi connectivity index (χ1) is 9.58. The van der Waals surface area contributed by atoms with Crippen LogP contribution in [-0.2, 0) is 0 Å². The molecule has 1 fully saturated rings. The molecule has 2 N–H and O–H groups in total. The first kappa shape index (κ1) is 14.7. The Kier molecular flexibility index (Phi) is 4.49. The molecule has 0 unspecified atom stereocenters. The molecule has 2 rings (SSSR count). The highest BCUT2D eigenvalue weighted by atomic mass is 16.5. The van der Waals surface area contributed by atoms with E-state index in [-0.39, 0.29) is 5.91 Å². The number of amides is 1. The predicted molar refractivity (Wildman–Crippen MR) is 75.3 cm³/mol. The number of carbonyl (C=O) groups excluding carboxylic acids is 1. The van der Waals surface area contributed by atoms with E-state index < -0.39 is 5.60 Å². The summed E-state index contributed by atoms with van der Waals surface area (Å²) >= 11 is 0. The first-order valence-corrected chi connectivity index (χ1v) is 6.89. The number of carbonyl (C=O) groups is 1. The zero-order valence-electron chi connectivity index (χ0n) is 11.9. The summed E-state index contributed by atoms with van der Waals surface area (Å²) in [7, 11) is 1.56. The molecular formula is C15H21NO4. The Hall–Kier alpha value is -1.75. The van der Waals surface area contributed by atoms with Crippen molar-refractivity contribution >= 4 is 5.91 Å². The highest BCUT2D eigenvalue weighted by Gasteiger charge is 2.34. The van der Waals surface area contributed by atoms with Crippen LogP contribution in [0.3, 0.4) is 0 Å². The lowest BCUT2D eigenvalue weighted by molar-refractivity contribution is -0.0300. The Labute approximate surface area is 118 Å². The van der Waals surface area contributed by atoms with Gasteiger partial charge in [0, 0.05) is 12.1 Å². The van der Waals surface area contributed by atoms with Crippen LogP contribution < -0.4 is 14.8 Å². The largest absolute Gasteiger partial charge is 0.493 e. The summed E-state index contributed by atoms with van der Waals surface area (Å²) in [6.45, 7) is 2.67. The highest BCUT2D eigenvalue weighted by molar-refractivity contribution is 5.94. The average Bonchev–Trinajstić information content (AvgIpc) is 2.43. The molecule has 1 aliphatic carbocycles. The summed E-state index contributed by atoms with van der Waals surface area (Å²) in [5.74, 6) is 0.931. The number of ether oxygens (including phenoxy) is 2. The second-order valence-corrected chi connectivity index (χ2v) is 5.06.